The lowest BCUT2D eigenvalue weighted by Gasteiger charge is -2.31. The number of aliphatic carboxylic acids is 2. The summed E-state index contributed by atoms with van der Waals surface area (Å²) in [7, 11) is 0. The lowest BCUT2D eigenvalue weighted by molar-refractivity contribution is -0.142. The molecule has 1 aliphatic heterocycles. The maximum absolute atomic E-state index is 15.7. The maximum atomic E-state index is 15.7. The first-order valence-electron chi connectivity index (χ1n) is 46.4. The molecule has 15 amide bonds. The van der Waals surface area contributed by atoms with Crippen molar-refractivity contribution in [3.05, 3.63) is 180 Å². The number of carboxylic acids is 2. The van der Waals surface area contributed by atoms with Gasteiger partial charge in [-0.25, -0.2) is 4.79 Å². The summed E-state index contributed by atoms with van der Waals surface area (Å²) in [5.41, 5.74) is 31.9. The Morgan fingerprint density at radius 3 is 1.25 bits per heavy atom. The normalized spacial score (nSPS) is 15.1. The quantitative estimate of drug-likeness (QED) is 0.0105. The molecule has 46 heteroatoms. The van der Waals surface area contributed by atoms with Crippen LogP contribution >= 0.6 is 23.5 Å². The highest BCUT2D eigenvalue weighted by atomic mass is 32.2. The molecule has 1 aliphatic rings. The predicted octanol–water partition coefficient (Wildman–Crippen LogP) is -2.70. The number of nitrogens with zero attached hydrogens (tertiary/aromatic N) is 1. The molecule has 44 nitrogen and oxygen atoms in total. The summed E-state index contributed by atoms with van der Waals surface area (Å²) >= 11 is 2.70. The Kier molecular flexibility index (Phi) is 48.3. The van der Waals surface area contributed by atoms with Crippen LogP contribution in [0.1, 0.15) is 125 Å². The number of hydrogen-bond acceptors (Lipinski definition) is 24. The first-order valence-corrected chi connectivity index (χ1v) is 49.2. The van der Waals surface area contributed by atoms with Crippen LogP contribution < -0.4 is 108 Å². The first-order chi connectivity index (χ1) is 67.5. The summed E-state index contributed by atoms with van der Waals surface area (Å²) in [6.07, 6.45) is 2.89. The Morgan fingerprint density at radius 2 is 0.801 bits per heavy atom. The van der Waals surface area contributed by atoms with Crippen molar-refractivity contribution in [3.8, 4) is 0 Å². The number of hydrogen-bond donors (Lipinski definition) is 26. The number of benzene rings is 5. The SMILES string of the molecule is CSCC[C@H](NC(=O)[C@H](C)NC(=O)[C@H](Cc1ccccc1)NC(=O)[C@H](Cc1ccccc1)NC(=O)[C@@H]1CCCN1C(=O)[C@H](Cc1c[nH]c2ccccc12)NC(=O)[C@H](CCSC)NC(=O)[C@H](CCCCN)NC(=O)[C@H](CCCNC(=N)N)NC(=O)[C@H](Cc1ccccc1)NC(=O)[C@H](CO)NC(=O)[C@H](CCC(N)=O)NC(=O)[C@H](Cc1ccccc1)NC(=O)[C@H](CC(=O)O)NC(=O)[C@@H](N)CCCNC(=N)N)C(=O)O. The van der Waals surface area contributed by atoms with E-state index in [2.05, 4.69) is 84.7 Å². The predicted molar refractivity (Wildman–Crippen MR) is 529 cm³/mol. The second-order valence-corrected chi connectivity index (χ2v) is 36.0. The van der Waals surface area contributed by atoms with E-state index in [0.717, 1.165) is 0 Å². The molecule has 6 aromatic rings. The number of carbonyl (C=O) groups is 17. The highest BCUT2D eigenvalue weighted by molar-refractivity contribution is 7.98. The maximum Gasteiger partial charge on any atom is 0.326 e. The zero-order chi connectivity index (χ0) is 103. The first kappa shape index (κ1) is 114. The van der Waals surface area contributed by atoms with Crippen LogP contribution in [0.3, 0.4) is 0 Å². The molecular weight excluding hydrogens is 1860 g/mol. The zero-order valence-corrected chi connectivity index (χ0v) is 80.5. The Bertz CT molecular complexity index is 5210. The van der Waals surface area contributed by atoms with E-state index in [-0.39, 0.29) is 134 Å². The van der Waals surface area contributed by atoms with E-state index in [1.165, 1.54) is 35.3 Å². The van der Waals surface area contributed by atoms with Crippen molar-refractivity contribution in [2.45, 2.75) is 220 Å². The molecule has 0 unspecified atom stereocenters. The number of thioether (sulfide) groups is 2. The number of carboxylic acid groups (broad SMARTS) is 2. The number of H-pyrrole nitrogens is 1. The fourth-order valence-corrected chi connectivity index (χ4v) is 16.4. The van der Waals surface area contributed by atoms with E-state index in [9.17, 15) is 68.1 Å². The molecule has 15 atom stereocenters. The van der Waals surface area contributed by atoms with E-state index in [4.69, 9.17) is 39.5 Å². The lowest BCUT2D eigenvalue weighted by Crippen LogP contribution is -2.61. The third-order valence-corrected chi connectivity index (χ3v) is 24.4. The Hall–Kier alpha value is -14.2. The molecule has 1 fully saturated rings. The van der Waals surface area contributed by atoms with Crippen LogP contribution in [0.15, 0.2) is 152 Å². The Morgan fingerprint density at radius 1 is 0.426 bits per heavy atom. The second kappa shape index (κ2) is 59.9. The van der Waals surface area contributed by atoms with E-state index in [1.807, 2.05) is 12.1 Å². The molecule has 31 N–H and O–H groups in total. The fourth-order valence-electron chi connectivity index (χ4n) is 15.5. The van der Waals surface area contributed by atoms with E-state index < -0.39 is 223 Å². The van der Waals surface area contributed by atoms with E-state index in [0.29, 0.717) is 50.9 Å². The monoisotopic (exact) mass is 1990 g/mol. The summed E-state index contributed by atoms with van der Waals surface area (Å²) in [6.45, 7) is 0.443. The van der Waals surface area contributed by atoms with Crippen LogP contribution in [0.5, 0.6) is 0 Å². The number of carbonyl (C=O) groups excluding carboxylic acids is 15. The number of amides is 15. The number of aliphatic hydroxyl groups excluding tert-OH is 1. The number of fused-ring (bicyclic) bond motifs is 1. The van der Waals surface area contributed by atoms with Gasteiger partial charge in [-0.3, -0.25) is 87.5 Å². The molecule has 0 bridgehead atoms. The lowest BCUT2D eigenvalue weighted by atomic mass is 10.0. The van der Waals surface area contributed by atoms with Crippen LogP contribution in [0, 0.1) is 10.8 Å². The number of aromatic amines is 1. The van der Waals surface area contributed by atoms with Crippen molar-refractivity contribution in [3.63, 3.8) is 0 Å². The molecule has 1 aromatic heterocycles. The third kappa shape index (κ3) is 39.2. The molecule has 5 aromatic carbocycles. The number of aromatic nitrogens is 1. The number of unbranched alkanes of at least 4 members (excludes halogenated alkanes) is 1. The zero-order valence-electron chi connectivity index (χ0n) is 78.9. The standard InChI is InChI=1S/C95H132N24O20S2/c1-55(79(124)111-68(93(138)139)40-46-141-3)106-85(130)69(47-56-23-8-4-9-24-56)113-88(133)72(50-59-29-14-7-15-30-59)116-91(136)76-36-22-44-119(76)92(137)74(51-60-53-105-63-33-17-16-31-61(60)63)117-84(129)67(39-45-140-2)110-81(126)64(34-18-19-41-96)107-82(127)65(35-21-43-104-95(101)102)108-86(131)71(49-58-27-12-6-13-28-58)115-90(135)75(54-120)118-83(128)66(37-38-77(98)121)109-87(132)70(48-57-25-10-5-11-26-57)114-89(134)73(52-78(122)123)112-80(125)62(97)32-20-42-103-94(99)100/h4-17,23-31,33,53,55,62,64-76,105,120H,18-22,32,34-52,54,96-97H2,1-3H3,(H2,98,121)(H,106,130)(H,107,127)(H,108,131)(H,109,132)(H,110,126)(H,111,124)(H,112,125)(H,113,133)(H,114,134)(H,115,135)(H,116,136)(H,117,129)(H,118,128)(H,122,123)(H,138,139)(H4,99,100,103)(H4,101,102,104)/t55-,62-,64-,65-,66-,67-,68-,69-,70-,71-,72-,73-,74-,75-,76-/m0/s1. The molecular formula is C95H132N24O20S2. The van der Waals surface area contributed by atoms with Gasteiger partial charge in [0, 0.05) is 75.3 Å². The van der Waals surface area contributed by atoms with Crippen molar-refractivity contribution in [1.82, 2.24) is 89.6 Å². The summed E-state index contributed by atoms with van der Waals surface area (Å²) < 4.78 is 0. The van der Waals surface area contributed by atoms with Crippen molar-refractivity contribution in [2.24, 2.45) is 28.7 Å². The highest BCUT2D eigenvalue weighted by Gasteiger charge is 2.43. The number of likely N-dealkylation sites (tertiary alicyclic amines) is 1. The minimum atomic E-state index is -1.97. The van der Waals surface area contributed by atoms with Crippen molar-refractivity contribution in [1.29, 1.82) is 10.8 Å². The van der Waals surface area contributed by atoms with Crippen molar-refractivity contribution >= 4 is 147 Å². The molecule has 0 spiro atoms. The van der Waals surface area contributed by atoms with Gasteiger partial charge in [0.25, 0.3) is 0 Å². The average molecular weight is 1990 g/mol. The number of guanidine groups is 2. The molecule has 141 heavy (non-hydrogen) atoms. The minimum absolute atomic E-state index is 0.00349. The Labute approximate surface area is 824 Å². The minimum Gasteiger partial charge on any atom is -0.481 e. The van der Waals surface area contributed by atoms with Gasteiger partial charge in [-0.15, -0.1) is 0 Å². The second-order valence-electron chi connectivity index (χ2n) is 34.0. The summed E-state index contributed by atoms with van der Waals surface area (Å²) in [4.78, 5) is 247. The van der Waals surface area contributed by atoms with Crippen LogP contribution in [0.25, 0.3) is 10.9 Å². The summed E-state index contributed by atoms with van der Waals surface area (Å²) in [5, 5.41) is 85.6. The summed E-state index contributed by atoms with van der Waals surface area (Å²) in [6, 6.07) is 17.9. The van der Waals surface area contributed by atoms with Gasteiger partial charge in [0.2, 0.25) is 88.6 Å². The van der Waals surface area contributed by atoms with Gasteiger partial charge >= 0.3 is 11.9 Å². The third-order valence-electron chi connectivity index (χ3n) is 23.1. The topological polar surface area (TPSA) is 728 Å². The van der Waals surface area contributed by atoms with Gasteiger partial charge in [-0.2, -0.15) is 23.5 Å². The van der Waals surface area contributed by atoms with Crippen LogP contribution in [-0.4, -0.2) is 285 Å². The summed E-state index contributed by atoms with van der Waals surface area (Å²) in [5.74, 6) is -17.2. The van der Waals surface area contributed by atoms with E-state index in [1.54, 1.807) is 152 Å². The van der Waals surface area contributed by atoms with Gasteiger partial charge in [0.1, 0.15) is 84.6 Å². The van der Waals surface area contributed by atoms with Crippen LogP contribution in [-0.2, 0) is 114 Å². The molecule has 0 radical (unpaired) electrons. The fraction of sp³-hybridized carbons (Fsp3) is 0.463. The number of nitrogens with one attached hydrogen (secondary N) is 18. The highest BCUT2D eigenvalue weighted by Crippen LogP contribution is 2.25. The Balaban J connectivity index is 1.13. The molecule has 1 saturated heterocycles. The number of para-hydroxylation sites is 1. The van der Waals surface area contributed by atoms with Crippen molar-refractivity contribution in [2.75, 3.05) is 56.8 Å². The van der Waals surface area contributed by atoms with Crippen LogP contribution in [0.4, 0.5) is 0 Å². The average Bonchev–Trinajstić information content (AvgIpc) is 1.64. The molecule has 7 rings (SSSR count). The molecule has 0 aliphatic carbocycles. The van der Waals surface area contributed by atoms with E-state index >= 15 is 28.8 Å². The van der Waals surface area contributed by atoms with Gasteiger partial charge in [-0.1, -0.05) is 140 Å². The molecule has 764 valence electrons. The molecule has 2 heterocycles. The smallest absolute Gasteiger partial charge is 0.326 e. The van der Waals surface area contributed by atoms with Crippen molar-refractivity contribution < 1.29 is 96.8 Å². The number of primary amides is 1. The van der Waals surface area contributed by atoms with Gasteiger partial charge in [-0.05, 0) is 148 Å². The number of nitrogens with two attached hydrogens (primary N) is 5. The number of rotatable bonds is 62. The van der Waals surface area contributed by atoms with Gasteiger partial charge in [0.05, 0.1) is 19.1 Å². The van der Waals surface area contributed by atoms with Crippen LogP contribution in [0.2, 0.25) is 0 Å². The van der Waals surface area contributed by atoms with Gasteiger partial charge < -0.3 is 134 Å². The number of aliphatic hydroxyl groups is 1. The molecule has 0 saturated carbocycles. The van der Waals surface area contributed by atoms with Gasteiger partial charge in [0.15, 0.2) is 11.9 Å². The largest absolute Gasteiger partial charge is 0.481 e.